The Morgan fingerprint density at radius 2 is 1.69 bits per heavy atom. The SMILES string of the molecule is COc1cc(OC)cc(C(=O)Nc2ccc(S(=O)(=O)N3CCCC(C)C3)cc2)c1. The number of carbonyl (C=O) groups is 1. The third-order valence-corrected chi connectivity index (χ3v) is 6.86. The van der Waals surface area contributed by atoms with Crippen LogP contribution in [0.15, 0.2) is 47.4 Å². The minimum absolute atomic E-state index is 0.229. The summed E-state index contributed by atoms with van der Waals surface area (Å²) in [6.07, 6.45) is 1.92. The standard InChI is InChI=1S/C21H26N2O5S/c1-15-5-4-10-23(14-15)29(25,26)20-8-6-17(7-9-20)22-21(24)16-11-18(27-2)13-19(12-16)28-3/h6-9,11-13,15H,4-5,10,14H2,1-3H3,(H,22,24). The van der Waals surface area contributed by atoms with E-state index >= 15 is 0 Å². The number of methoxy groups -OCH3 is 2. The highest BCUT2D eigenvalue weighted by Crippen LogP contribution is 2.26. The van der Waals surface area contributed by atoms with Crippen LogP contribution in [0.1, 0.15) is 30.1 Å². The molecule has 0 bridgehead atoms. The van der Waals surface area contributed by atoms with Gasteiger partial charge in [-0.05, 0) is 55.2 Å². The van der Waals surface area contributed by atoms with E-state index in [1.807, 2.05) is 0 Å². The molecule has 7 nitrogen and oxygen atoms in total. The van der Waals surface area contributed by atoms with Crippen molar-refractivity contribution in [1.82, 2.24) is 4.31 Å². The van der Waals surface area contributed by atoms with Gasteiger partial charge in [-0.1, -0.05) is 6.92 Å². The average Bonchev–Trinajstić information content (AvgIpc) is 2.73. The Morgan fingerprint density at radius 3 is 2.24 bits per heavy atom. The summed E-state index contributed by atoms with van der Waals surface area (Å²) in [5.41, 5.74) is 0.878. The first-order valence-electron chi connectivity index (χ1n) is 9.48. The zero-order valence-electron chi connectivity index (χ0n) is 16.8. The number of ether oxygens (including phenoxy) is 2. The molecule has 1 saturated heterocycles. The van der Waals surface area contributed by atoms with Gasteiger partial charge in [0, 0.05) is 30.4 Å². The molecule has 2 aromatic carbocycles. The first kappa shape index (κ1) is 21.1. The summed E-state index contributed by atoms with van der Waals surface area (Å²) in [6.45, 7) is 3.15. The molecule has 1 fully saturated rings. The van der Waals surface area contributed by atoms with Gasteiger partial charge < -0.3 is 14.8 Å². The molecule has 1 aliphatic heterocycles. The third-order valence-electron chi connectivity index (χ3n) is 4.98. The summed E-state index contributed by atoms with van der Waals surface area (Å²) >= 11 is 0. The van der Waals surface area contributed by atoms with Gasteiger partial charge in [0.05, 0.1) is 19.1 Å². The molecule has 1 N–H and O–H groups in total. The maximum Gasteiger partial charge on any atom is 0.255 e. The van der Waals surface area contributed by atoms with Gasteiger partial charge in [-0.25, -0.2) is 8.42 Å². The highest BCUT2D eigenvalue weighted by molar-refractivity contribution is 7.89. The van der Waals surface area contributed by atoms with Crippen molar-refractivity contribution in [3.8, 4) is 11.5 Å². The number of hydrogen-bond donors (Lipinski definition) is 1. The van der Waals surface area contributed by atoms with E-state index in [0.717, 1.165) is 12.8 Å². The van der Waals surface area contributed by atoms with Crippen LogP contribution in [-0.4, -0.2) is 45.9 Å². The van der Waals surface area contributed by atoms with E-state index in [1.54, 1.807) is 30.3 Å². The van der Waals surface area contributed by atoms with Crippen LogP contribution in [-0.2, 0) is 10.0 Å². The highest BCUT2D eigenvalue weighted by atomic mass is 32.2. The number of nitrogens with zero attached hydrogens (tertiary/aromatic N) is 1. The number of hydrogen-bond acceptors (Lipinski definition) is 5. The monoisotopic (exact) mass is 418 g/mol. The van der Waals surface area contributed by atoms with Crippen molar-refractivity contribution in [3.63, 3.8) is 0 Å². The number of amides is 1. The molecular formula is C21H26N2O5S. The lowest BCUT2D eigenvalue weighted by molar-refractivity contribution is 0.102. The number of benzene rings is 2. The quantitative estimate of drug-likeness (QED) is 0.777. The van der Waals surface area contributed by atoms with Crippen LogP contribution in [0, 0.1) is 5.92 Å². The molecule has 8 heteroatoms. The third kappa shape index (κ3) is 4.89. The van der Waals surface area contributed by atoms with Gasteiger partial charge in [0.1, 0.15) is 11.5 Å². The van der Waals surface area contributed by atoms with E-state index in [4.69, 9.17) is 9.47 Å². The number of piperidine rings is 1. The minimum atomic E-state index is -3.52. The molecule has 2 aromatic rings. The van der Waals surface area contributed by atoms with Crippen LogP contribution in [0.3, 0.4) is 0 Å². The summed E-state index contributed by atoms with van der Waals surface area (Å²) in [7, 11) is -0.498. The van der Waals surface area contributed by atoms with E-state index in [2.05, 4.69) is 12.2 Å². The van der Waals surface area contributed by atoms with Crippen LogP contribution in [0.25, 0.3) is 0 Å². The van der Waals surface area contributed by atoms with Gasteiger partial charge in [-0.3, -0.25) is 4.79 Å². The fourth-order valence-corrected chi connectivity index (χ4v) is 4.96. The first-order valence-corrected chi connectivity index (χ1v) is 10.9. The maximum absolute atomic E-state index is 12.8. The van der Waals surface area contributed by atoms with Gasteiger partial charge in [0.15, 0.2) is 0 Å². The minimum Gasteiger partial charge on any atom is -0.497 e. The Bertz CT molecular complexity index is 951. The van der Waals surface area contributed by atoms with Crippen molar-refractivity contribution in [2.45, 2.75) is 24.7 Å². The lowest BCUT2D eigenvalue weighted by atomic mass is 10.0. The number of sulfonamides is 1. The first-order chi connectivity index (χ1) is 13.8. The molecule has 0 aliphatic carbocycles. The van der Waals surface area contributed by atoms with E-state index in [-0.39, 0.29) is 10.8 Å². The van der Waals surface area contributed by atoms with Crippen LogP contribution >= 0.6 is 0 Å². The Balaban J connectivity index is 1.74. The van der Waals surface area contributed by atoms with E-state index in [9.17, 15) is 13.2 Å². The number of nitrogens with one attached hydrogen (secondary N) is 1. The Kier molecular flexibility index (Phi) is 6.44. The molecule has 1 atom stereocenters. The molecule has 0 radical (unpaired) electrons. The van der Waals surface area contributed by atoms with Crippen LogP contribution in [0.2, 0.25) is 0 Å². The van der Waals surface area contributed by atoms with Crippen LogP contribution < -0.4 is 14.8 Å². The average molecular weight is 419 g/mol. The fourth-order valence-electron chi connectivity index (χ4n) is 3.37. The number of anilines is 1. The summed E-state index contributed by atoms with van der Waals surface area (Å²) in [5.74, 6) is 1.03. The second-order valence-electron chi connectivity index (χ2n) is 7.19. The maximum atomic E-state index is 12.8. The van der Waals surface area contributed by atoms with E-state index in [1.165, 1.54) is 30.7 Å². The van der Waals surface area contributed by atoms with Crippen molar-refractivity contribution in [2.24, 2.45) is 5.92 Å². The van der Waals surface area contributed by atoms with E-state index in [0.29, 0.717) is 41.8 Å². The molecule has 0 spiro atoms. The molecule has 3 rings (SSSR count). The van der Waals surface area contributed by atoms with Crippen molar-refractivity contribution >= 4 is 21.6 Å². The van der Waals surface area contributed by atoms with E-state index < -0.39 is 10.0 Å². The van der Waals surface area contributed by atoms with Crippen molar-refractivity contribution in [2.75, 3.05) is 32.6 Å². The highest BCUT2D eigenvalue weighted by Gasteiger charge is 2.28. The Hall–Kier alpha value is -2.58. The van der Waals surface area contributed by atoms with Crippen molar-refractivity contribution in [3.05, 3.63) is 48.0 Å². The summed E-state index contributed by atoms with van der Waals surface area (Å²) in [5, 5.41) is 2.77. The number of rotatable bonds is 6. The summed E-state index contributed by atoms with van der Waals surface area (Å²) in [6, 6.07) is 11.1. The van der Waals surface area contributed by atoms with Gasteiger partial charge in [0.2, 0.25) is 10.0 Å². The van der Waals surface area contributed by atoms with Crippen LogP contribution in [0.5, 0.6) is 11.5 Å². The summed E-state index contributed by atoms with van der Waals surface area (Å²) in [4.78, 5) is 12.8. The van der Waals surface area contributed by atoms with Crippen molar-refractivity contribution in [1.29, 1.82) is 0 Å². The zero-order chi connectivity index (χ0) is 21.0. The molecular weight excluding hydrogens is 392 g/mol. The predicted molar refractivity (Wildman–Crippen MR) is 111 cm³/mol. The van der Waals surface area contributed by atoms with Gasteiger partial charge in [0.25, 0.3) is 5.91 Å². The molecule has 1 aliphatic rings. The fraction of sp³-hybridized carbons (Fsp3) is 0.381. The lowest BCUT2D eigenvalue weighted by Gasteiger charge is -2.30. The molecule has 0 aromatic heterocycles. The molecule has 0 saturated carbocycles. The molecule has 156 valence electrons. The molecule has 1 amide bonds. The second kappa shape index (κ2) is 8.84. The molecule has 1 unspecified atom stereocenters. The predicted octanol–water partition coefficient (Wildman–Crippen LogP) is 3.38. The van der Waals surface area contributed by atoms with Crippen LogP contribution in [0.4, 0.5) is 5.69 Å². The van der Waals surface area contributed by atoms with Gasteiger partial charge in [-0.15, -0.1) is 0 Å². The second-order valence-corrected chi connectivity index (χ2v) is 9.13. The summed E-state index contributed by atoms with van der Waals surface area (Å²) < 4.78 is 37.6. The lowest BCUT2D eigenvalue weighted by Crippen LogP contribution is -2.39. The smallest absolute Gasteiger partial charge is 0.255 e. The van der Waals surface area contributed by atoms with Gasteiger partial charge >= 0.3 is 0 Å². The zero-order valence-corrected chi connectivity index (χ0v) is 17.7. The van der Waals surface area contributed by atoms with Crippen molar-refractivity contribution < 1.29 is 22.7 Å². The molecule has 29 heavy (non-hydrogen) atoms. The topological polar surface area (TPSA) is 84.9 Å². The Morgan fingerprint density at radius 1 is 1.07 bits per heavy atom. The number of carbonyl (C=O) groups excluding carboxylic acids is 1. The van der Waals surface area contributed by atoms with Gasteiger partial charge in [-0.2, -0.15) is 4.31 Å². The molecule has 1 heterocycles. The largest absolute Gasteiger partial charge is 0.497 e. The normalized spacial score (nSPS) is 17.6. The Labute approximate surface area is 171 Å².